The Labute approximate surface area is 231 Å². The third kappa shape index (κ3) is 4.84. The largest absolute Gasteiger partial charge is 0.455 e. The fourth-order valence-electron chi connectivity index (χ4n) is 7.50. The smallest absolute Gasteiger partial charge is 0.344 e. The molecule has 1 aromatic carbocycles. The SMILES string of the molecule is C[C@]12CCC(=O)C=C1CC[C@@H]1C2=CC[C@]2(C)[C@@H](C(=O)COC(=O)COC(=O)c3cccc(I)c3)CC[C@@H]12. The van der Waals surface area contributed by atoms with Crippen molar-refractivity contribution in [1.82, 2.24) is 0 Å². The maximum atomic E-state index is 13.2. The highest BCUT2D eigenvalue weighted by Crippen LogP contribution is 2.64. The van der Waals surface area contributed by atoms with Crippen molar-refractivity contribution >= 4 is 46.1 Å². The third-order valence-electron chi connectivity index (χ3n) is 9.48. The van der Waals surface area contributed by atoms with E-state index >= 15 is 0 Å². The van der Waals surface area contributed by atoms with E-state index in [1.807, 2.05) is 12.1 Å². The van der Waals surface area contributed by atoms with Gasteiger partial charge >= 0.3 is 11.9 Å². The molecule has 0 saturated heterocycles. The zero-order valence-electron chi connectivity index (χ0n) is 21.4. The Morgan fingerprint density at radius 1 is 1.05 bits per heavy atom. The first kappa shape index (κ1) is 26.3. The van der Waals surface area contributed by atoms with Crippen LogP contribution in [0.1, 0.15) is 69.2 Å². The number of hydrogen-bond acceptors (Lipinski definition) is 6. The number of carbonyl (C=O) groups excluding carboxylic acids is 4. The summed E-state index contributed by atoms with van der Waals surface area (Å²) in [6, 6.07) is 6.90. The number of fused-ring (bicyclic) bond motifs is 5. The van der Waals surface area contributed by atoms with Crippen LogP contribution in [0.15, 0.2) is 47.6 Å². The number of carbonyl (C=O) groups is 4. The molecule has 0 spiro atoms. The van der Waals surface area contributed by atoms with Gasteiger partial charge in [-0.3, -0.25) is 9.59 Å². The van der Waals surface area contributed by atoms with Gasteiger partial charge in [0, 0.05) is 21.3 Å². The highest BCUT2D eigenvalue weighted by atomic mass is 127. The van der Waals surface area contributed by atoms with Gasteiger partial charge in [0.25, 0.3) is 0 Å². The zero-order chi connectivity index (χ0) is 26.4. The molecule has 2 saturated carbocycles. The molecule has 0 bridgehead atoms. The minimum absolute atomic E-state index is 0.0226. The average Bonchev–Trinajstić information content (AvgIpc) is 3.23. The van der Waals surface area contributed by atoms with Gasteiger partial charge in [0.05, 0.1) is 5.56 Å². The number of Topliss-reactive ketones (excluding diaryl/α,β-unsaturated/α-hetero) is 1. The maximum Gasteiger partial charge on any atom is 0.344 e. The molecule has 0 aromatic heterocycles. The molecular formula is C30H33IO6. The summed E-state index contributed by atoms with van der Waals surface area (Å²) in [5.41, 5.74) is 2.95. The summed E-state index contributed by atoms with van der Waals surface area (Å²) in [5.74, 6) is -0.418. The van der Waals surface area contributed by atoms with Crippen LogP contribution in [-0.4, -0.2) is 36.7 Å². The van der Waals surface area contributed by atoms with E-state index in [0.717, 1.165) is 42.1 Å². The highest BCUT2D eigenvalue weighted by Gasteiger charge is 2.57. The van der Waals surface area contributed by atoms with Crippen LogP contribution in [-0.2, 0) is 23.9 Å². The number of halogens is 1. The lowest BCUT2D eigenvalue weighted by Crippen LogP contribution is -2.46. The average molecular weight is 616 g/mol. The fraction of sp³-hybridized carbons (Fsp3) is 0.533. The van der Waals surface area contributed by atoms with E-state index in [1.54, 1.807) is 18.2 Å². The third-order valence-corrected chi connectivity index (χ3v) is 10.2. The summed E-state index contributed by atoms with van der Waals surface area (Å²) in [7, 11) is 0. The molecule has 37 heavy (non-hydrogen) atoms. The Morgan fingerprint density at radius 2 is 1.86 bits per heavy atom. The summed E-state index contributed by atoms with van der Waals surface area (Å²) >= 11 is 2.10. The molecule has 4 aliphatic carbocycles. The molecule has 7 heteroatoms. The van der Waals surface area contributed by atoms with Crippen molar-refractivity contribution in [3.05, 3.63) is 56.7 Å². The number of allylic oxidation sites excluding steroid dienone is 4. The molecular weight excluding hydrogens is 583 g/mol. The second-order valence-electron chi connectivity index (χ2n) is 11.4. The molecule has 0 amide bonds. The molecule has 1 aromatic rings. The molecule has 196 valence electrons. The van der Waals surface area contributed by atoms with E-state index in [9.17, 15) is 19.2 Å². The highest BCUT2D eigenvalue weighted by molar-refractivity contribution is 14.1. The summed E-state index contributed by atoms with van der Waals surface area (Å²) in [5, 5.41) is 0. The van der Waals surface area contributed by atoms with E-state index in [1.165, 1.54) is 11.1 Å². The molecule has 0 radical (unpaired) electrons. The van der Waals surface area contributed by atoms with Crippen LogP contribution in [0.2, 0.25) is 0 Å². The van der Waals surface area contributed by atoms with Gasteiger partial charge in [-0.2, -0.15) is 0 Å². The predicted molar refractivity (Wildman–Crippen MR) is 146 cm³/mol. The Hall–Kier alpha value is -2.29. The van der Waals surface area contributed by atoms with Crippen molar-refractivity contribution in [3.8, 4) is 0 Å². The van der Waals surface area contributed by atoms with Crippen LogP contribution in [0, 0.1) is 32.2 Å². The molecule has 2 fully saturated rings. The summed E-state index contributed by atoms with van der Waals surface area (Å²) < 4.78 is 11.2. The molecule has 6 nitrogen and oxygen atoms in total. The van der Waals surface area contributed by atoms with Crippen molar-refractivity contribution in [3.63, 3.8) is 0 Å². The van der Waals surface area contributed by atoms with Crippen molar-refractivity contribution in [1.29, 1.82) is 0 Å². The van der Waals surface area contributed by atoms with Crippen molar-refractivity contribution in [2.75, 3.05) is 13.2 Å². The van der Waals surface area contributed by atoms with Crippen LogP contribution in [0.5, 0.6) is 0 Å². The van der Waals surface area contributed by atoms with Gasteiger partial charge in [-0.15, -0.1) is 0 Å². The van der Waals surface area contributed by atoms with Gasteiger partial charge in [0.2, 0.25) is 0 Å². The lowest BCUT2D eigenvalue weighted by Gasteiger charge is -2.53. The molecule has 5 rings (SSSR count). The van der Waals surface area contributed by atoms with Crippen LogP contribution in [0.3, 0.4) is 0 Å². The Balaban J connectivity index is 1.19. The topological polar surface area (TPSA) is 86.7 Å². The Morgan fingerprint density at radius 3 is 2.65 bits per heavy atom. The van der Waals surface area contributed by atoms with E-state index in [-0.39, 0.29) is 34.9 Å². The molecule has 0 aliphatic heterocycles. The summed E-state index contributed by atoms with van der Waals surface area (Å²) in [6.45, 7) is 3.71. The lowest BCUT2D eigenvalue weighted by atomic mass is 9.51. The van der Waals surface area contributed by atoms with Gasteiger partial charge in [-0.05, 0) is 103 Å². The normalized spacial score (nSPS) is 32.3. The Bertz CT molecular complexity index is 1210. The minimum atomic E-state index is -0.718. The van der Waals surface area contributed by atoms with Crippen LogP contribution in [0.25, 0.3) is 0 Å². The van der Waals surface area contributed by atoms with Gasteiger partial charge in [-0.25, -0.2) is 9.59 Å². The maximum absolute atomic E-state index is 13.2. The minimum Gasteiger partial charge on any atom is -0.455 e. The van der Waals surface area contributed by atoms with Crippen LogP contribution >= 0.6 is 22.6 Å². The fourth-order valence-corrected chi connectivity index (χ4v) is 8.04. The second-order valence-corrected chi connectivity index (χ2v) is 12.7. The van der Waals surface area contributed by atoms with Crippen LogP contribution in [0.4, 0.5) is 0 Å². The van der Waals surface area contributed by atoms with Crippen LogP contribution < -0.4 is 0 Å². The first-order valence-electron chi connectivity index (χ1n) is 13.2. The van der Waals surface area contributed by atoms with Gasteiger partial charge in [0.1, 0.15) is 6.61 Å². The number of hydrogen-bond donors (Lipinski definition) is 0. The number of rotatable bonds is 6. The van der Waals surface area contributed by atoms with Crippen molar-refractivity contribution in [2.45, 2.75) is 58.8 Å². The summed E-state index contributed by atoms with van der Waals surface area (Å²) in [4.78, 5) is 49.7. The monoisotopic (exact) mass is 616 g/mol. The quantitative estimate of drug-likeness (QED) is 0.234. The van der Waals surface area contributed by atoms with E-state index in [2.05, 4.69) is 42.5 Å². The number of benzene rings is 1. The van der Waals surface area contributed by atoms with E-state index < -0.39 is 18.5 Å². The number of ketones is 2. The first-order chi connectivity index (χ1) is 17.6. The number of ether oxygens (including phenoxy) is 2. The molecule has 0 heterocycles. The molecule has 4 aliphatic rings. The standard InChI is InChI=1S/C30H33IO6/c1-29-12-10-21(32)15-19(29)6-7-22-23-8-9-25(30(23,2)13-11-24(22)29)26(33)16-36-27(34)17-37-28(35)18-4-3-5-20(31)14-18/h3-5,11,14-15,22-23,25H,6-10,12-13,16-17H2,1-2H3/t22-,23-,25+,29-,30-/m0/s1. The molecule has 5 atom stereocenters. The Kier molecular flexibility index (Phi) is 7.20. The van der Waals surface area contributed by atoms with Gasteiger partial charge in [0.15, 0.2) is 18.2 Å². The second kappa shape index (κ2) is 10.1. The molecule has 0 unspecified atom stereocenters. The summed E-state index contributed by atoms with van der Waals surface area (Å²) in [6.07, 6.45) is 10.4. The number of esters is 2. The zero-order valence-corrected chi connectivity index (χ0v) is 23.5. The predicted octanol–water partition coefficient (Wildman–Crippen LogP) is 5.63. The molecule has 0 N–H and O–H groups in total. The van der Waals surface area contributed by atoms with E-state index in [0.29, 0.717) is 23.8 Å². The van der Waals surface area contributed by atoms with Crippen molar-refractivity contribution in [2.24, 2.45) is 28.6 Å². The lowest BCUT2D eigenvalue weighted by molar-refractivity contribution is -0.152. The van der Waals surface area contributed by atoms with Crippen molar-refractivity contribution < 1.29 is 28.7 Å². The van der Waals surface area contributed by atoms with Gasteiger partial charge in [-0.1, -0.05) is 37.1 Å². The van der Waals surface area contributed by atoms with Gasteiger partial charge < -0.3 is 9.47 Å². The van der Waals surface area contributed by atoms with E-state index in [4.69, 9.17) is 9.47 Å². The first-order valence-corrected chi connectivity index (χ1v) is 14.2.